The summed E-state index contributed by atoms with van der Waals surface area (Å²) in [4.78, 5) is 24.0. The van der Waals surface area contributed by atoms with Crippen LogP contribution in [0.5, 0.6) is 5.75 Å². The lowest BCUT2D eigenvalue weighted by Crippen LogP contribution is -2.42. The number of rotatable bonds is 12. The van der Waals surface area contributed by atoms with Crippen LogP contribution in [0.3, 0.4) is 0 Å². The molecule has 7 nitrogen and oxygen atoms in total. The van der Waals surface area contributed by atoms with Gasteiger partial charge in [-0.3, -0.25) is 9.59 Å². The zero-order chi connectivity index (χ0) is 25.5. The van der Waals surface area contributed by atoms with Crippen LogP contribution in [0.4, 0.5) is 0 Å². The molecule has 1 aliphatic carbocycles. The number of aliphatic hydroxyl groups is 2. The van der Waals surface area contributed by atoms with E-state index in [9.17, 15) is 19.8 Å². The van der Waals surface area contributed by atoms with Crippen LogP contribution < -0.4 is 10.1 Å². The van der Waals surface area contributed by atoms with Gasteiger partial charge in [-0.05, 0) is 44.6 Å². The molecule has 1 fully saturated rings. The van der Waals surface area contributed by atoms with E-state index in [0.29, 0.717) is 11.7 Å². The maximum absolute atomic E-state index is 13.2. The molecule has 0 aliphatic heterocycles. The van der Waals surface area contributed by atoms with Gasteiger partial charge in [-0.15, -0.1) is 0 Å². The van der Waals surface area contributed by atoms with E-state index < -0.39 is 30.0 Å². The molecule has 3 atom stereocenters. The number of aliphatic carboxylic acids is 1. The maximum Gasteiger partial charge on any atom is 0.305 e. The van der Waals surface area contributed by atoms with Crippen molar-refractivity contribution in [2.24, 2.45) is 11.3 Å². The van der Waals surface area contributed by atoms with E-state index in [1.807, 2.05) is 40.7 Å². The Balaban J connectivity index is 2.32. The zero-order valence-electron chi connectivity index (χ0n) is 21.4. The number of carbonyl (C=O) groups is 2. The van der Waals surface area contributed by atoms with E-state index in [4.69, 9.17) is 9.84 Å². The van der Waals surface area contributed by atoms with Crippen LogP contribution in [0.25, 0.3) is 0 Å². The number of hydrogen-bond donors (Lipinski definition) is 4. The topological polar surface area (TPSA) is 116 Å². The summed E-state index contributed by atoms with van der Waals surface area (Å²) in [7, 11) is 0. The molecule has 7 heteroatoms. The van der Waals surface area contributed by atoms with Crippen LogP contribution in [0.2, 0.25) is 0 Å². The van der Waals surface area contributed by atoms with Gasteiger partial charge in [0, 0.05) is 17.4 Å². The summed E-state index contributed by atoms with van der Waals surface area (Å²) in [6.45, 7) is 9.83. The minimum atomic E-state index is -1.14. The maximum atomic E-state index is 13.2. The highest BCUT2D eigenvalue weighted by Crippen LogP contribution is 2.40. The Kier molecular flexibility index (Phi) is 10.4. The van der Waals surface area contributed by atoms with Gasteiger partial charge in [0.15, 0.2) is 0 Å². The number of benzene rings is 1. The van der Waals surface area contributed by atoms with Crippen molar-refractivity contribution < 1.29 is 29.6 Å². The molecule has 0 heterocycles. The normalized spacial score (nSPS) is 17.6. The Morgan fingerprint density at radius 2 is 1.76 bits per heavy atom. The second-order valence-corrected chi connectivity index (χ2v) is 10.5. The second kappa shape index (κ2) is 12.5. The minimum absolute atomic E-state index is 0.0208. The number of aliphatic hydroxyl groups excluding tert-OH is 2. The summed E-state index contributed by atoms with van der Waals surface area (Å²) in [5.41, 5.74) is 2.42. The van der Waals surface area contributed by atoms with Crippen molar-refractivity contribution in [3.63, 3.8) is 0 Å². The molecular weight excluding hydrogens is 434 g/mol. The van der Waals surface area contributed by atoms with Gasteiger partial charge in [-0.2, -0.15) is 0 Å². The molecule has 0 spiro atoms. The van der Waals surface area contributed by atoms with Crippen LogP contribution in [0, 0.1) is 25.2 Å². The number of amides is 1. The lowest BCUT2D eigenvalue weighted by Gasteiger charge is -2.35. The molecule has 1 aromatic rings. The average molecular weight is 478 g/mol. The third-order valence-electron chi connectivity index (χ3n) is 7.06. The predicted octanol–water partition coefficient (Wildman–Crippen LogP) is 4.44. The highest BCUT2D eigenvalue weighted by atomic mass is 16.5. The molecule has 4 N–H and O–H groups in total. The minimum Gasteiger partial charge on any atom is -0.490 e. The van der Waals surface area contributed by atoms with Gasteiger partial charge in [-0.1, -0.05) is 57.7 Å². The van der Waals surface area contributed by atoms with E-state index in [2.05, 4.69) is 11.4 Å². The fraction of sp³-hybridized carbons (Fsp3) is 0.704. The Labute approximate surface area is 203 Å². The van der Waals surface area contributed by atoms with Crippen molar-refractivity contribution in [1.29, 1.82) is 0 Å². The van der Waals surface area contributed by atoms with E-state index in [0.717, 1.165) is 48.8 Å². The number of ether oxygens (including phenoxy) is 1. The first-order valence-electron chi connectivity index (χ1n) is 12.6. The summed E-state index contributed by atoms with van der Waals surface area (Å²) >= 11 is 0. The molecule has 0 aromatic heterocycles. The average Bonchev–Trinajstić information content (AvgIpc) is 2.76. The number of aryl methyl sites for hydroxylation is 2. The van der Waals surface area contributed by atoms with Crippen molar-refractivity contribution in [2.45, 2.75) is 104 Å². The molecule has 0 radical (unpaired) electrons. The van der Waals surface area contributed by atoms with Crippen LogP contribution in [-0.2, 0) is 9.59 Å². The Morgan fingerprint density at radius 1 is 1.12 bits per heavy atom. The third kappa shape index (κ3) is 7.98. The van der Waals surface area contributed by atoms with E-state index >= 15 is 0 Å². The van der Waals surface area contributed by atoms with Crippen molar-refractivity contribution in [3.8, 4) is 5.75 Å². The van der Waals surface area contributed by atoms with Crippen LogP contribution >= 0.6 is 0 Å². The quantitative estimate of drug-likeness (QED) is 0.354. The summed E-state index contributed by atoms with van der Waals surface area (Å²) in [6.07, 6.45) is 3.63. The molecule has 1 unspecified atom stereocenters. The van der Waals surface area contributed by atoms with Gasteiger partial charge in [0.2, 0.25) is 5.91 Å². The van der Waals surface area contributed by atoms with Crippen molar-refractivity contribution in [3.05, 3.63) is 28.8 Å². The van der Waals surface area contributed by atoms with Crippen LogP contribution in [0.15, 0.2) is 12.1 Å². The largest absolute Gasteiger partial charge is 0.490 e. The molecule has 1 amide bonds. The van der Waals surface area contributed by atoms with Crippen LogP contribution in [-0.4, -0.2) is 46.0 Å². The van der Waals surface area contributed by atoms with Gasteiger partial charge < -0.3 is 25.4 Å². The molecule has 1 aromatic carbocycles. The summed E-state index contributed by atoms with van der Waals surface area (Å²) < 4.78 is 6.10. The Hall–Kier alpha value is -2.12. The molecule has 0 bridgehead atoms. The van der Waals surface area contributed by atoms with Gasteiger partial charge in [-0.25, -0.2) is 0 Å². The Morgan fingerprint density at radius 3 is 2.35 bits per heavy atom. The molecule has 34 heavy (non-hydrogen) atoms. The highest BCUT2D eigenvalue weighted by molar-refractivity contribution is 5.82. The Bertz CT molecular complexity index is 831. The monoisotopic (exact) mass is 477 g/mol. The zero-order valence-corrected chi connectivity index (χ0v) is 21.4. The molecule has 0 saturated heterocycles. The first-order chi connectivity index (χ1) is 15.9. The number of carboxylic acids is 1. The van der Waals surface area contributed by atoms with Gasteiger partial charge >= 0.3 is 5.97 Å². The smallest absolute Gasteiger partial charge is 0.305 e. The van der Waals surface area contributed by atoms with Gasteiger partial charge in [0.1, 0.15) is 12.4 Å². The number of carbonyl (C=O) groups excluding carboxylic acids is 1. The molecule has 2 rings (SSSR count). The molecule has 1 aliphatic rings. The number of nitrogens with one attached hydrogen (secondary N) is 1. The fourth-order valence-electron chi connectivity index (χ4n) is 4.68. The number of carboxylic acid groups (broad SMARTS) is 1. The first kappa shape index (κ1) is 28.1. The van der Waals surface area contributed by atoms with Gasteiger partial charge in [0.25, 0.3) is 0 Å². The lowest BCUT2D eigenvalue weighted by atomic mass is 9.79. The summed E-state index contributed by atoms with van der Waals surface area (Å²) in [6, 6.07) is 3.88. The fourth-order valence-corrected chi connectivity index (χ4v) is 4.68. The molecule has 192 valence electrons. The standard InChI is InChI=1S/C27H43NO6/c1-6-27(4,5)26(33)28-24(19-10-8-7-9-11-19)22-13-17(2)12-18(3)25(22)34-16-21(30)14-20(29)15-23(31)32/h12-13,19-21,24,29-30H,6-11,14-16H2,1-5H3,(H,28,33)(H,31,32)/t20-,21?,24+/m1/s1. The summed E-state index contributed by atoms with van der Waals surface area (Å²) in [5, 5.41) is 32.4. The van der Waals surface area contributed by atoms with E-state index in [1.54, 1.807) is 0 Å². The summed E-state index contributed by atoms with van der Waals surface area (Å²) in [5.74, 6) is -0.148. The van der Waals surface area contributed by atoms with Crippen LogP contribution in [0.1, 0.15) is 94.9 Å². The van der Waals surface area contributed by atoms with Crippen molar-refractivity contribution >= 4 is 11.9 Å². The number of hydrogen-bond acceptors (Lipinski definition) is 5. The molecular formula is C27H43NO6. The lowest BCUT2D eigenvalue weighted by molar-refractivity contribution is -0.139. The second-order valence-electron chi connectivity index (χ2n) is 10.5. The van der Waals surface area contributed by atoms with Crippen molar-refractivity contribution in [2.75, 3.05) is 6.61 Å². The first-order valence-corrected chi connectivity index (χ1v) is 12.6. The predicted molar refractivity (Wildman–Crippen MR) is 132 cm³/mol. The van der Waals surface area contributed by atoms with Crippen molar-refractivity contribution in [1.82, 2.24) is 5.32 Å². The van der Waals surface area contributed by atoms with E-state index in [1.165, 1.54) is 6.42 Å². The molecule has 1 saturated carbocycles. The highest BCUT2D eigenvalue weighted by Gasteiger charge is 2.34. The third-order valence-corrected chi connectivity index (χ3v) is 7.06. The van der Waals surface area contributed by atoms with E-state index in [-0.39, 0.29) is 25.0 Å². The SMILES string of the molecule is CCC(C)(C)C(=O)N[C@H](c1cc(C)cc(C)c1OCC(O)C[C@@H](O)CC(=O)O)C1CCCCC1. The van der Waals surface area contributed by atoms with Gasteiger partial charge in [0.05, 0.1) is 24.7 Å².